The lowest BCUT2D eigenvalue weighted by Crippen LogP contribution is -2.08. The number of benzene rings is 2. The van der Waals surface area contributed by atoms with Crippen LogP contribution in [0.15, 0.2) is 42.5 Å². The Labute approximate surface area is 125 Å². The van der Waals surface area contributed by atoms with Crippen molar-refractivity contribution in [2.75, 3.05) is 5.32 Å². The molecule has 0 heterocycles. The quantitative estimate of drug-likeness (QED) is 0.901. The Morgan fingerprint density at radius 3 is 2.38 bits per heavy atom. The van der Waals surface area contributed by atoms with Gasteiger partial charge in [0.25, 0.3) is 0 Å². The van der Waals surface area contributed by atoms with Gasteiger partial charge in [0.2, 0.25) is 5.91 Å². The number of aryl methyl sites for hydroxylation is 2. The van der Waals surface area contributed by atoms with Gasteiger partial charge in [0.15, 0.2) is 0 Å². The molecule has 0 spiro atoms. The number of carbonyl (C=O) groups is 1. The largest absolute Gasteiger partial charge is 0.388 e. The average Bonchev–Trinajstić information content (AvgIpc) is 2.42. The second-order valence-electron chi connectivity index (χ2n) is 5.46. The van der Waals surface area contributed by atoms with Gasteiger partial charge in [0.1, 0.15) is 0 Å². The van der Waals surface area contributed by atoms with Crippen molar-refractivity contribution in [3.8, 4) is 0 Å². The summed E-state index contributed by atoms with van der Waals surface area (Å²) in [4.78, 5) is 11.1. The van der Waals surface area contributed by atoms with Crippen LogP contribution in [0.2, 0.25) is 0 Å². The highest BCUT2D eigenvalue weighted by molar-refractivity contribution is 5.89. The average molecular weight is 283 g/mol. The van der Waals surface area contributed by atoms with Crippen molar-refractivity contribution in [2.45, 2.75) is 33.3 Å². The first kappa shape index (κ1) is 15.3. The van der Waals surface area contributed by atoms with Crippen molar-refractivity contribution in [3.63, 3.8) is 0 Å². The van der Waals surface area contributed by atoms with E-state index in [4.69, 9.17) is 0 Å². The maximum absolute atomic E-state index is 11.1. The molecule has 21 heavy (non-hydrogen) atoms. The molecular formula is C18H21NO2. The monoisotopic (exact) mass is 283 g/mol. The summed E-state index contributed by atoms with van der Waals surface area (Å²) in [5.41, 5.74) is 4.97. The number of aliphatic hydroxyl groups excluding tert-OH is 1. The Balaban J connectivity index is 2.10. The maximum Gasteiger partial charge on any atom is 0.221 e. The van der Waals surface area contributed by atoms with Crippen molar-refractivity contribution in [1.82, 2.24) is 0 Å². The van der Waals surface area contributed by atoms with Gasteiger partial charge < -0.3 is 10.4 Å². The summed E-state index contributed by atoms with van der Waals surface area (Å²) in [5, 5.41) is 13.1. The minimum Gasteiger partial charge on any atom is -0.388 e. The first-order valence-corrected chi connectivity index (χ1v) is 7.07. The van der Waals surface area contributed by atoms with E-state index in [2.05, 4.69) is 5.32 Å². The number of carbonyl (C=O) groups excluding carboxylic acids is 1. The fourth-order valence-corrected chi connectivity index (χ4v) is 2.31. The molecule has 0 aliphatic carbocycles. The second-order valence-corrected chi connectivity index (χ2v) is 5.46. The molecule has 0 fully saturated rings. The van der Waals surface area contributed by atoms with Gasteiger partial charge in [-0.3, -0.25) is 4.79 Å². The van der Waals surface area contributed by atoms with E-state index in [9.17, 15) is 9.90 Å². The fraction of sp³-hybridized carbons (Fsp3) is 0.278. The van der Waals surface area contributed by atoms with Gasteiger partial charge in [-0.2, -0.15) is 0 Å². The zero-order valence-electron chi connectivity index (χ0n) is 12.7. The van der Waals surface area contributed by atoms with Gasteiger partial charge >= 0.3 is 0 Å². The highest BCUT2D eigenvalue weighted by Crippen LogP contribution is 2.22. The van der Waals surface area contributed by atoms with Crippen LogP contribution in [0.1, 0.15) is 35.3 Å². The topological polar surface area (TPSA) is 49.3 Å². The van der Waals surface area contributed by atoms with Crippen LogP contribution >= 0.6 is 0 Å². The lowest BCUT2D eigenvalue weighted by molar-refractivity contribution is -0.114. The summed E-state index contributed by atoms with van der Waals surface area (Å²) in [7, 11) is 0. The molecule has 110 valence electrons. The minimum atomic E-state index is -0.517. The van der Waals surface area contributed by atoms with E-state index < -0.39 is 6.10 Å². The number of rotatable bonds is 4. The highest BCUT2D eigenvalue weighted by atomic mass is 16.3. The molecule has 0 aliphatic rings. The van der Waals surface area contributed by atoms with E-state index in [1.165, 1.54) is 12.5 Å². The first-order valence-electron chi connectivity index (χ1n) is 7.07. The third-order valence-corrected chi connectivity index (χ3v) is 3.49. The van der Waals surface area contributed by atoms with Crippen LogP contribution in [0.4, 0.5) is 5.69 Å². The summed E-state index contributed by atoms with van der Waals surface area (Å²) in [6.45, 7) is 5.47. The van der Waals surface area contributed by atoms with Crippen molar-refractivity contribution in [1.29, 1.82) is 0 Å². The van der Waals surface area contributed by atoms with Gasteiger partial charge in [-0.1, -0.05) is 42.0 Å². The van der Waals surface area contributed by atoms with Crippen LogP contribution in [0.25, 0.3) is 0 Å². The molecule has 3 heteroatoms. The smallest absolute Gasteiger partial charge is 0.221 e. The number of nitrogens with one attached hydrogen (secondary N) is 1. The summed E-state index contributed by atoms with van der Waals surface area (Å²) < 4.78 is 0. The third-order valence-electron chi connectivity index (χ3n) is 3.49. The Kier molecular flexibility index (Phi) is 4.76. The van der Waals surface area contributed by atoms with Crippen molar-refractivity contribution in [3.05, 3.63) is 64.7 Å². The number of aliphatic hydroxyl groups is 1. The molecule has 0 saturated heterocycles. The van der Waals surface area contributed by atoms with E-state index >= 15 is 0 Å². The van der Waals surface area contributed by atoms with Crippen LogP contribution < -0.4 is 5.32 Å². The molecule has 0 bridgehead atoms. The van der Waals surface area contributed by atoms with Crippen LogP contribution in [-0.4, -0.2) is 11.0 Å². The molecule has 2 rings (SSSR count). The molecule has 3 nitrogen and oxygen atoms in total. The van der Waals surface area contributed by atoms with Crippen LogP contribution in [0, 0.1) is 13.8 Å². The van der Waals surface area contributed by atoms with E-state index in [0.717, 1.165) is 22.4 Å². The SMILES string of the molecule is CC(=O)Nc1ccc(CC(O)c2ccc(C)cc2)cc1C. The van der Waals surface area contributed by atoms with Crippen molar-refractivity contribution >= 4 is 11.6 Å². The van der Waals surface area contributed by atoms with Gasteiger partial charge in [-0.05, 0) is 36.6 Å². The standard InChI is InChI=1S/C18H21NO2/c1-12-4-7-16(8-5-12)18(21)11-15-6-9-17(13(2)10-15)19-14(3)20/h4-10,18,21H,11H2,1-3H3,(H,19,20). The Morgan fingerprint density at radius 1 is 1.14 bits per heavy atom. The number of anilines is 1. The van der Waals surface area contributed by atoms with Crippen LogP contribution in [0.3, 0.4) is 0 Å². The lowest BCUT2D eigenvalue weighted by atomic mass is 9.99. The Bertz CT molecular complexity index is 632. The molecule has 0 aliphatic heterocycles. The van der Waals surface area contributed by atoms with Crippen molar-refractivity contribution < 1.29 is 9.90 Å². The fourth-order valence-electron chi connectivity index (χ4n) is 2.31. The van der Waals surface area contributed by atoms with E-state index in [1.54, 1.807) is 0 Å². The molecule has 2 N–H and O–H groups in total. The summed E-state index contributed by atoms with van der Waals surface area (Å²) in [5.74, 6) is -0.0782. The van der Waals surface area contributed by atoms with Gasteiger partial charge in [-0.25, -0.2) is 0 Å². The van der Waals surface area contributed by atoms with E-state index in [-0.39, 0.29) is 5.91 Å². The van der Waals surface area contributed by atoms with Crippen LogP contribution in [-0.2, 0) is 11.2 Å². The molecular weight excluding hydrogens is 262 g/mol. The lowest BCUT2D eigenvalue weighted by Gasteiger charge is -2.13. The van der Waals surface area contributed by atoms with Gasteiger partial charge in [0.05, 0.1) is 6.10 Å². The summed E-state index contributed by atoms with van der Waals surface area (Å²) in [6, 6.07) is 13.7. The predicted molar refractivity (Wildman–Crippen MR) is 85.3 cm³/mol. The number of hydrogen-bond acceptors (Lipinski definition) is 2. The Morgan fingerprint density at radius 2 is 1.81 bits per heavy atom. The summed E-state index contributed by atoms with van der Waals surface area (Å²) >= 11 is 0. The first-order chi connectivity index (χ1) is 9.95. The zero-order valence-corrected chi connectivity index (χ0v) is 12.7. The van der Waals surface area contributed by atoms with E-state index in [0.29, 0.717) is 6.42 Å². The predicted octanol–water partition coefficient (Wildman–Crippen LogP) is 3.54. The molecule has 2 aromatic carbocycles. The molecule has 1 unspecified atom stereocenters. The molecule has 2 aromatic rings. The number of hydrogen-bond donors (Lipinski definition) is 2. The summed E-state index contributed by atoms with van der Waals surface area (Å²) in [6.07, 6.45) is 0.0428. The zero-order chi connectivity index (χ0) is 15.4. The molecule has 1 atom stereocenters. The maximum atomic E-state index is 11.1. The van der Waals surface area contributed by atoms with Gasteiger partial charge in [-0.15, -0.1) is 0 Å². The molecule has 0 radical (unpaired) electrons. The molecule has 1 amide bonds. The van der Waals surface area contributed by atoms with Crippen LogP contribution in [0.5, 0.6) is 0 Å². The number of amides is 1. The molecule has 0 aromatic heterocycles. The second kappa shape index (κ2) is 6.55. The highest BCUT2D eigenvalue weighted by Gasteiger charge is 2.09. The van der Waals surface area contributed by atoms with E-state index in [1.807, 2.05) is 56.3 Å². The molecule has 0 saturated carbocycles. The van der Waals surface area contributed by atoms with Gasteiger partial charge in [0, 0.05) is 19.0 Å². The minimum absolute atomic E-state index is 0.0782. The Hall–Kier alpha value is -2.13. The third kappa shape index (κ3) is 4.17. The van der Waals surface area contributed by atoms with Crippen molar-refractivity contribution in [2.24, 2.45) is 0 Å². The normalized spacial score (nSPS) is 12.0.